The largest absolute Gasteiger partial charge is 0.416 e. The van der Waals surface area contributed by atoms with Crippen LogP contribution in [0.25, 0.3) is 17.5 Å². The van der Waals surface area contributed by atoms with Crippen LogP contribution in [0.5, 0.6) is 0 Å². The molecule has 1 aromatic heterocycles. The summed E-state index contributed by atoms with van der Waals surface area (Å²) < 4.78 is 39.9. The molecule has 0 unspecified atom stereocenters. The summed E-state index contributed by atoms with van der Waals surface area (Å²) in [4.78, 5) is 14.4. The van der Waals surface area contributed by atoms with Gasteiger partial charge in [-0.2, -0.15) is 13.2 Å². The Hall–Kier alpha value is -3.05. The van der Waals surface area contributed by atoms with E-state index in [4.69, 9.17) is 12.2 Å². The lowest BCUT2D eigenvalue weighted by molar-refractivity contribution is -0.138. The normalized spacial score (nSPS) is 16.0. The Bertz CT molecular complexity index is 1160. The Balaban J connectivity index is 1.64. The maximum absolute atomic E-state index is 13.2. The van der Waals surface area contributed by atoms with Gasteiger partial charge in [-0.25, -0.2) is 5.10 Å². The summed E-state index contributed by atoms with van der Waals surface area (Å²) in [7, 11) is 0. The van der Waals surface area contributed by atoms with Crippen molar-refractivity contribution in [1.82, 2.24) is 20.6 Å². The number of benzene rings is 2. The minimum absolute atomic E-state index is 0.0485. The van der Waals surface area contributed by atoms with E-state index in [0.29, 0.717) is 10.7 Å². The monoisotopic (exact) mass is 447 g/mol. The number of carbonyl (C=O) groups is 1. The van der Waals surface area contributed by atoms with Gasteiger partial charge < -0.3 is 0 Å². The number of thiocarbonyl (C=S) groups is 1. The predicted octanol–water partition coefficient (Wildman–Crippen LogP) is 4.60. The van der Waals surface area contributed by atoms with Crippen LogP contribution >= 0.6 is 24.0 Å². The first-order valence-electron chi connectivity index (χ1n) is 8.54. The highest BCUT2D eigenvalue weighted by Gasteiger charge is 2.38. The molecule has 0 saturated carbocycles. The number of hydrogen-bond donors (Lipinski definition) is 1. The molecule has 0 bridgehead atoms. The molecule has 0 atom stereocenters. The fraction of sp³-hybridized carbons (Fsp3) is 0.105. The minimum Gasteiger partial charge on any atom is -0.268 e. The molecule has 11 heteroatoms. The minimum atomic E-state index is -4.52. The smallest absolute Gasteiger partial charge is 0.268 e. The van der Waals surface area contributed by atoms with Crippen molar-refractivity contribution < 1.29 is 18.0 Å². The van der Waals surface area contributed by atoms with E-state index in [1.807, 2.05) is 0 Å². The van der Waals surface area contributed by atoms with Crippen LogP contribution in [0, 0.1) is 6.92 Å². The first-order valence-corrected chi connectivity index (χ1v) is 9.77. The number of thioether (sulfide) groups is 1. The van der Waals surface area contributed by atoms with Crippen LogP contribution in [0.15, 0.2) is 47.4 Å². The van der Waals surface area contributed by atoms with E-state index in [1.165, 1.54) is 19.1 Å². The molecule has 0 radical (unpaired) electrons. The van der Waals surface area contributed by atoms with Crippen LogP contribution in [0.3, 0.4) is 0 Å². The topological polar surface area (TPSA) is 74.8 Å². The van der Waals surface area contributed by atoms with Crippen LogP contribution < -0.4 is 4.90 Å². The molecule has 0 spiro atoms. The van der Waals surface area contributed by atoms with Gasteiger partial charge in [0.2, 0.25) is 0 Å². The molecule has 1 fully saturated rings. The average Bonchev–Trinajstić information content (AvgIpc) is 3.31. The highest BCUT2D eigenvalue weighted by molar-refractivity contribution is 8.27. The summed E-state index contributed by atoms with van der Waals surface area (Å²) >= 11 is 6.33. The van der Waals surface area contributed by atoms with Gasteiger partial charge in [-0.15, -0.1) is 5.10 Å². The van der Waals surface area contributed by atoms with Crippen LogP contribution in [-0.2, 0) is 11.0 Å². The highest BCUT2D eigenvalue weighted by atomic mass is 32.2. The molecular formula is C19H12F3N5OS2. The number of alkyl halides is 3. The number of hydrogen-bond acceptors (Lipinski definition) is 6. The summed E-state index contributed by atoms with van der Waals surface area (Å²) in [6, 6.07) is 10.8. The molecule has 2 heterocycles. The molecule has 1 N–H and O–H groups in total. The fourth-order valence-corrected chi connectivity index (χ4v) is 4.30. The number of aromatic nitrogens is 4. The lowest BCUT2D eigenvalue weighted by Gasteiger charge is -2.20. The molecule has 1 amide bonds. The Kier molecular flexibility index (Phi) is 5.16. The van der Waals surface area contributed by atoms with E-state index in [1.54, 1.807) is 30.3 Å². The van der Waals surface area contributed by atoms with E-state index in [-0.39, 0.29) is 15.6 Å². The van der Waals surface area contributed by atoms with E-state index >= 15 is 0 Å². The second-order valence-electron chi connectivity index (χ2n) is 6.34. The third-order valence-corrected chi connectivity index (χ3v) is 5.77. The SMILES string of the molecule is Cc1c(N2C(=O)/C(=C/c3ccc(-c4nnn[nH]4)cc3)SC2=S)cccc1C(F)(F)F. The molecule has 1 saturated heterocycles. The molecule has 152 valence electrons. The number of carbonyl (C=O) groups excluding carboxylic acids is 1. The van der Waals surface area contributed by atoms with Crippen molar-refractivity contribution in [2.45, 2.75) is 13.1 Å². The Morgan fingerprint density at radius 3 is 2.53 bits per heavy atom. The van der Waals surface area contributed by atoms with Crippen molar-refractivity contribution in [3.05, 3.63) is 64.1 Å². The van der Waals surface area contributed by atoms with Gasteiger partial charge in [0.25, 0.3) is 5.91 Å². The number of aromatic amines is 1. The maximum atomic E-state index is 13.2. The molecule has 3 aromatic rings. The molecule has 0 aliphatic carbocycles. The fourth-order valence-electron chi connectivity index (χ4n) is 3.02. The molecule has 30 heavy (non-hydrogen) atoms. The van der Waals surface area contributed by atoms with E-state index in [9.17, 15) is 18.0 Å². The van der Waals surface area contributed by atoms with Crippen LogP contribution in [0.4, 0.5) is 18.9 Å². The predicted molar refractivity (Wildman–Crippen MR) is 111 cm³/mol. The first-order chi connectivity index (χ1) is 14.3. The molecular weight excluding hydrogens is 435 g/mol. The van der Waals surface area contributed by atoms with Crippen molar-refractivity contribution in [3.63, 3.8) is 0 Å². The quantitative estimate of drug-likeness (QED) is 0.467. The van der Waals surface area contributed by atoms with Gasteiger partial charge in [0.1, 0.15) is 0 Å². The van der Waals surface area contributed by atoms with Gasteiger partial charge in [-0.05, 0) is 46.7 Å². The third-order valence-electron chi connectivity index (χ3n) is 4.47. The summed E-state index contributed by atoms with van der Waals surface area (Å²) in [5.74, 6) is 0.0452. The van der Waals surface area contributed by atoms with Gasteiger partial charge in [0, 0.05) is 5.56 Å². The number of amides is 1. The van der Waals surface area contributed by atoms with E-state index < -0.39 is 17.6 Å². The van der Waals surface area contributed by atoms with Crippen LogP contribution in [0.1, 0.15) is 16.7 Å². The van der Waals surface area contributed by atoms with Crippen molar-refractivity contribution in [2.75, 3.05) is 4.90 Å². The Labute approximate surface area is 178 Å². The third kappa shape index (κ3) is 3.73. The molecule has 6 nitrogen and oxygen atoms in total. The molecule has 4 rings (SSSR count). The second-order valence-corrected chi connectivity index (χ2v) is 8.01. The van der Waals surface area contributed by atoms with Crippen LogP contribution in [-0.4, -0.2) is 30.9 Å². The average molecular weight is 447 g/mol. The summed E-state index contributed by atoms with van der Waals surface area (Å²) in [6.07, 6.45) is -2.87. The first kappa shape index (κ1) is 20.2. The second kappa shape index (κ2) is 7.65. The summed E-state index contributed by atoms with van der Waals surface area (Å²) in [5.41, 5.74) is 0.781. The zero-order valence-electron chi connectivity index (χ0n) is 15.3. The van der Waals surface area contributed by atoms with Crippen molar-refractivity contribution in [2.24, 2.45) is 0 Å². The number of nitrogens with one attached hydrogen (secondary N) is 1. The Morgan fingerprint density at radius 2 is 1.90 bits per heavy atom. The van der Waals surface area contributed by atoms with E-state index in [2.05, 4.69) is 20.6 Å². The molecule has 1 aliphatic rings. The Morgan fingerprint density at radius 1 is 1.17 bits per heavy atom. The number of H-pyrrole nitrogens is 1. The van der Waals surface area contributed by atoms with Gasteiger partial charge in [0.15, 0.2) is 10.1 Å². The van der Waals surface area contributed by atoms with Gasteiger partial charge in [-0.1, -0.05) is 54.3 Å². The maximum Gasteiger partial charge on any atom is 0.416 e. The molecule has 2 aromatic carbocycles. The lowest BCUT2D eigenvalue weighted by Crippen LogP contribution is -2.29. The highest BCUT2D eigenvalue weighted by Crippen LogP contribution is 2.41. The zero-order chi connectivity index (χ0) is 21.5. The summed E-state index contributed by atoms with van der Waals surface area (Å²) in [6.45, 7) is 1.33. The molecule has 1 aliphatic heterocycles. The number of anilines is 1. The van der Waals surface area contributed by atoms with Crippen molar-refractivity contribution >= 4 is 46.0 Å². The zero-order valence-corrected chi connectivity index (χ0v) is 16.9. The lowest BCUT2D eigenvalue weighted by atomic mass is 10.1. The number of tetrazole rings is 1. The van der Waals surface area contributed by atoms with Gasteiger partial charge in [-0.3, -0.25) is 9.69 Å². The van der Waals surface area contributed by atoms with Crippen molar-refractivity contribution in [1.29, 1.82) is 0 Å². The van der Waals surface area contributed by atoms with Gasteiger partial charge >= 0.3 is 6.18 Å². The van der Waals surface area contributed by atoms with Gasteiger partial charge in [0.05, 0.1) is 16.2 Å². The van der Waals surface area contributed by atoms with Crippen LogP contribution in [0.2, 0.25) is 0 Å². The van der Waals surface area contributed by atoms with Crippen molar-refractivity contribution in [3.8, 4) is 11.4 Å². The number of nitrogens with zero attached hydrogens (tertiary/aromatic N) is 4. The number of halogens is 3. The van der Waals surface area contributed by atoms with E-state index in [0.717, 1.165) is 33.9 Å². The summed E-state index contributed by atoms with van der Waals surface area (Å²) in [5, 5.41) is 13.5. The standard InChI is InChI=1S/C19H12F3N5OS2/c1-10-13(19(20,21)22)3-2-4-14(10)27-17(28)15(30-18(27)29)9-11-5-7-12(8-6-11)16-23-25-26-24-16/h2-9H,1H3,(H,23,24,25,26)/b15-9-. The number of rotatable bonds is 3.